The van der Waals surface area contributed by atoms with Crippen LogP contribution in [0.25, 0.3) is 10.6 Å². The summed E-state index contributed by atoms with van der Waals surface area (Å²) in [5.41, 5.74) is 2.93. The van der Waals surface area contributed by atoms with E-state index in [1.54, 1.807) is 0 Å². The minimum Gasteiger partial charge on any atom is -0.241 e. The average molecular weight is 462 g/mol. The van der Waals surface area contributed by atoms with Crippen LogP contribution < -0.4 is 4.72 Å². The van der Waals surface area contributed by atoms with Gasteiger partial charge in [0.05, 0.1) is 20.8 Å². The molecule has 0 saturated heterocycles. The van der Waals surface area contributed by atoms with Crippen LogP contribution in [0.4, 0.5) is 0 Å². The predicted molar refractivity (Wildman–Crippen MR) is 113 cm³/mol. The van der Waals surface area contributed by atoms with E-state index in [0.29, 0.717) is 0 Å². The zero-order chi connectivity index (χ0) is 19.8. The van der Waals surface area contributed by atoms with Crippen LogP contribution in [0.1, 0.15) is 16.1 Å². The minimum absolute atomic E-state index is 0.0125. The lowest BCUT2D eigenvalue weighted by atomic mass is 10.1. The van der Waals surface area contributed by atoms with E-state index in [1.807, 2.05) is 38.1 Å². The van der Waals surface area contributed by atoms with Gasteiger partial charge in [-0.2, -0.15) is 0 Å². The summed E-state index contributed by atoms with van der Waals surface area (Å²) in [5, 5.41) is 1.19. The third-order valence-electron chi connectivity index (χ3n) is 3.96. The summed E-state index contributed by atoms with van der Waals surface area (Å²) in [4.78, 5) is 5.29. The molecule has 1 heterocycles. The highest BCUT2D eigenvalue weighted by atomic mass is 35.5. The molecule has 0 bridgehead atoms. The summed E-state index contributed by atoms with van der Waals surface area (Å²) in [5.74, 6) is 0. The third kappa shape index (κ3) is 4.47. The van der Waals surface area contributed by atoms with Crippen LogP contribution in [0.3, 0.4) is 0 Å². The number of nitrogens with one attached hydrogen (secondary N) is 1. The van der Waals surface area contributed by atoms with Crippen LogP contribution in [0, 0.1) is 13.8 Å². The standard InChI is InChI=1S/C18H15Cl3N2O2S2/c1-10-5-3-4-6-12(10)18-23-11(2)16(26-18)9-22-27(24,25)17-8-14(20)13(19)7-15(17)21/h3-8,22H,9H2,1-2H3. The Labute approximate surface area is 177 Å². The van der Waals surface area contributed by atoms with E-state index < -0.39 is 10.0 Å². The van der Waals surface area contributed by atoms with Crippen LogP contribution >= 0.6 is 46.1 Å². The molecule has 0 aliphatic heterocycles. The third-order valence-corrected chi connectivity index (χ3v) is 7.73. The lowest BCUT2D eigenvalue weighted by Gasteiger charge is -2.09. The van der Waals surface area contributed by atoms with E-state index in [4.69, 9.17) is 34.8 Å². The molecule has 9 heteroatoms. The lowest BCUT2D eigenvalue weighted by Crippen LogP contribution is -2.23. The smallest absolute Gasteiger partial charge is 0.241 e. The van der Waals surface area contributed by atoms with Crippen molar-refractivity contribution in [1.29, 1.82) is 0 Å². The van der Waals surface area contributed by atoms with Gasteiger partial charge in [-0.05, 0) is 31.5 Å². The number of aryl methyl sites for hydroxylation is 2. The Hall–Kier alpha value is -1.15. The maximum atomic E-state index is 12.6. The highest BCUT2D eigenvalue weighted by Crippen LogP contribution is 2.33. The molecule has 0 radical (unpaired) electrons. The molecule has 0 fully saturated rings. The Balaban J connectivity index is 1.85. The Morgan fingerprint density at radius 1 is 1.04 bits per heavy atom. The molecule has 0 aliphatic rings. The molecule has 0 saturated carbocycles. The molecule has 2 aromatic carbocycles. The molecule has 0 unspecified atom stereocenters. The highest BCUT2D eigenvalue weighted by molar-refractivity contribution is 7.89. The summed E-state index contributed by atoms with van der Waals surface area (Å²) >= 11 is 19.3. The number of hydrogen-bond acceptors (Lipinski definition) is 4. The van der Waals surface area contributed by atoms with E-state index in [-0.39, 0.29) is 26.5 Å². The highest BCUT2D eigenvalue weighted by Gasteiger charge is 2.21. The van der Waals surface area contributed by atoms with Gasteiger partial charge in [0.25, 0.3) is 0 Å². The summed E-state index contributed by atoms with van der Waals surface area (Å²) in [6.07, 6.45) is 0. The second-order valence-electron chi connectivity index (χ2n) is 5.86. The van der Waals surface area contributed by atoms with Crippen molar-refractivity contribution in [2.45, 2.75) is 25.3 Å². The maximum Gasteiger partial charge on any atom is 0.242 e. The summed E-state index contributed by atoms with van der Waals surface area (Å²) in [6.45, 7) is 3.98. The molecule has 0 spiro atoms. The van der Waals surface area contributed by atoms with Gasteiger partial charge in [-0.1, -0.05) is 59.1 Å². The first-order chi connectivity index (χ1) is 12.7. The van der Waals surface area contributed by atoms with Gasteiger partial charge in [-0.3, -0.25) is 0 Å². The van der Waals surface area contributed by atoms with Gasteiger partial charge in [0.15, 0.2) is 0 Å². The topological polar surface area (TPSA) is 59.1 Å². The normalized spacial score (nSPS) is 11.7. The zero-order valence-corrected chi connectivity index (χ0v) is 18.3. The molecule has 0 amide bonds. The summed E-state index contributed by atoms with van der Waals surface area (Å²) < 4.78 is 27.8. The number of benzene rings is 2. The fourth-order valence-corrected chi connectivity index (χ4v) is 5.65. The number of nitrogens with zero attached hydrogens (tertiary/aromatic N) is 1. The van der Waals surface area contributed by atoms with Gasteiger partial charge in [0.2, 0.25) is 10.0 Å². The van der Waals surface area contributed by atoms with Gasteiger partial charge in [0.1, 0.15) is 9.90 Å². The zero-order valence-electron chi connectivity index (χ0n) is 14.4. The van der Waals surface area contributed by atoms with E-state index in [1.165, 1.54) is 23.5 Å². The van der Waals surface area contributed by atoms with Gasteiger partial charge < -0.3 is 0 Å². The molecule has 0 atom stereocenters. The summed E-state index contributed by atoms with van der Waals surface area (Å²) in [7, 11) is -3.85. The van der Waals surface area contributed by atoms with E-state index in [0.717, 1.165) is 26.7 Å². The average Bonchev–Trinajstić information content (AvgIpc) is 2.97. The first-order valence-corrected chi connectivity index (χ1v) is 11.3. The van der Waals surface area contributed by atoms with Crippen molar-refractivity contribution in [2.24, 2.45) is 0 Å². The quantitative estimate of drug-likeness (QED) is 0.484. The van der Waals surface area contributed by atoms with Gasteiger partial charge in [0, 0.05) is 17.0 Å². The number of hydrogen-bond donors (Lipinski definition) is 1. The number of aromatic nitrogens is 1. The van der Waals surface area contributed by atoms with Crippen LogP contribution in [0.15, 0.2) is 41.3 Å². The fourth-order valence-electron chi connectivity index (χ4n) is 2.47. The Bertz CT molecular complexity index is 1110. The molecule has 4 nitrogen and oxygen atoms in total. The van der Waals surface area contributed by atoms with Crippen LogP contribution in [-0.4, -0.2) is 13.4 Å². The Morgan fingerprint density at radius 2 is 1.70 bits per heavy atom. The summed E-state index contributed by atoms with van der Waals surface area (Å²) in [6, 6.07) is 10.5. The Morgan fingerprint density at radius 3 is 2.41 bits per heavy atom. The second-order valence-corrected chi connectivity index (χ2v) is 9.90. The van der Waals surface area contributed by atoms with Crippen LogP contribution in [-0.2, 0) is 16.6 Å². The van der Waals surface area contributed by atoms with Gasteiger partial charge in [-0.25, -0.2) is 18.1 Å². The van der Waals surface area contributed by atoms with E-state index in [9.17, 15) is 8.42 Å². The number of sulfonamides is 1. The van der Waals surface area contributed by atoms with Crippen molar-refractivity contribution in [1.82, 2.24) is 9.71 Å². The molecule has 0 aliphatic carbocycles. The van der Waals surface area contributed by atoms with E-state index in [2.05, 4.69) is 9.71 Å². The van der Waals surface area contributed by atoms with Crippen LogP contribution in [0.2, 0.25) is 15.1 Å². The van der Waals surface area contributed by atoms with Crippen molar-refractivity contribution in [2.75, 3.05) is 0 Å². The van der Waals surface area contributed by atoms with Crippen molar-refractivity contribution in [3.63, 3.8) is 0 Å². The lowest BCUT2D eigenvalue weighted by molar-refractivity contribution is 0.581. The van der Waals surface area contributed by atoms with E-state index >= 15 is 0 Å². The first-order valence-electron chi connectivity index (χ1n) is 7.85. The molecule has 1 N–H and O–H groups in total. The van der Waals surface area contributed by atoms with Crippen molar-refractivity contribution >= 4 is 56.2 Å². The number of rotatable bonds is 5. The van der Waals surface area contributed by atoms with Crippen molar-refractivity contribution in [3.05, 3.63) is 67.6 Å². The number of halogens is 3. The fraction of sp³-hybridized carbons (Fsp3) is 0.167. The second kappa shape index (κ2) is 8.07. The molecule has 142 valence electrons. The molecular weight excluding hydrogens is 447 g/mol. The molecule has 1 aromatic heterocycles. The first kappa shape index (κ1) is 20.6. The molecular formula is C18H15Cl3N2O2S2. The van der Waals surface area contributed by atoms with Crippen LogP contribution in [0.5, 0.6) is 0 Å². The molecule has 3 aromatic rings. The van der Waals surface area contributed by atoms with Crippen molar-refractivity contribution in [3.8, 4) is 10.6 Å². The van der Waals surface area contributed by atoms with Crippen molar-refractivity contribution < 1.29 is 8.42 Å². The van der Waals surface area contributed by atoms with Gasteiger partial charge in [-0.15, -0.1) is 11.3 Å². The minimum atomic E-state index is -3.85. The largest absolute Gasteiger partial charge is 0.242 e. The SMILES string of the molecule is Cc1ccccc1-c1nc(C)c(CNS(=O)(=O)c2cc(Cl)c(Cl)cc2Cl)s1. The Kier molecular flexibility index (Phi) is 6.15. The maximum absolute atomic E-state index is 12.6. The monoisotopic (exact) mass is 460 g/mol. The van der Waals surface area contributed by atoms with Gasteiger partial charge >= 0.3 is 0 Å². The number of thiazole rings is 1. The molecule has 3 rings (SSSR count). The molecule has 27 heavy (non-hydrogen) atoms. The predicted octanol–water partition coefficient (Wildman–Crippen LogP) is 5.87.